The van der Waals surface area contributed by atoms with Gasteiger partial charge >= 0.3 is 0 Å². The largest absolute Gasteiger partial charge is 0.378 e. The van der Waals surface area contributed by atoms with E-state index >= 15 is 0 Å². The van der Waals surface area contributed by atoms with Crippen molar-refractivity contribution >= 4 is 35.0 Å². The molecule has 1 heterocycles. The average Bonchev–Trinajstić information content (AvgIpc) is 2.67. The Morgan fingerprint density at radius 3 is 2.52 bits per heavy atom. The van der Waals surface area contributed by atoms with Crippen LogP contribution in [0.1, 0.15) is 30.9 Å². The van der Waals surface area contributed by atoms with Gasteiger partial charge < -0.3 is 15.0 Å². The minimum absolute atomic E-state index is 0.181. The van der Waals surface area contributed by atoms with Crippen LogP contribution in [0.2, 0.25) is 5.02 Å². The van der Waals surface area contributed by atoms with E-state index in [2.05, 4.69) is 36.2 Å². The number of hydrogen-bond acceptors (Lipinski definition) is 3. The molecule has 1 saturated heterocycles. The van der Waals surface area contributed by atoms with Crippen molar-refractivity contribution in [2.24, 2.45) is 0 Å². The van der Waals surface area contributed by atoms with Gasteiger partial charge in [0.1, 0.15) is 0 Å². The van der Waals surface area contributed by atoms with Gasteiger partial charge in [0.2, 0.25) is 5.91 Å². The molecule has 5 heteroatoms. The maximum Gasteiger partial charge on any atom is 0.248 e. The molecule has 0 aliphatic carbocycles. The molecule has 0 radical (unpaired) electrons. The fourth-order valence-electron chi connectivity index (χ4n) is 3.03. The highest BCUT2D eigenvalue weighted by molar-refractivity contribution is 6.31. The van der Waals surface area contributed by atoms with Crippen molar-refractivity contribution in [1.29, 1.82) is 0 Å². The molecule has 0 spiro atoms. The molecular formula is C22H25ClN2O2. The van der Waals surface area contributed by atoms with Crippen LogP contribution in [-0.2, 0) is 9.53 Å². The minimum atomic E-state index is -0.181. The van der Waals surface area contributed by atoms with Gasteiger partial charge in [-0.15, -0.1) is 0 Å². The first-order chi connectivity index (χ1) is 13.0. The predicted octanol–water partition coefficient (Wildman–Crippen LogP) is 4.95. The number of rotatable bonds is 5. The first kappa shape index (κ1) is 19.5. The van der Waals surface area contributed by atoms with Crippen molar-refractivity contribution in [2.75, 3.05) is 36.5 Å². The summed E-state index contributed by atoms with van der Waals surface area (Å²) in [5, 5.41) is 3.55. The van der Waals surface area contributed by atoms with Gasteiger partial charge in [-0.3, -0.25) is 4.79 Å². The summed E-state index contributed by atoms with van der Waals surface area (Å²) >= 11 is 6.14. The Morgan fingerprint density at radius 1 is 1.15 bits per heavy atom. The Balaban J connectivity index is 1.70. The van der Waals surface area contributed by atoms with Crippen LogP contribution in [0.4, 0.5) is 11.4 Å². The number of amides is 1. The maximum absolute atomic E-state index is 12.4. The molecule has 2 aromatic carbocycles. The van der Waals surface area contributed by atoms with Gasteiger partial charge in [0.05, 0.1) is 24.6 Å². The van der Waals surface area contributed by atoms with Crippen LogP contribution in [0.3, 0.4) is 0 Å². The van der Waals surface area contributed by atoms with Crippen LogP contribution in [0, 0.1) is 0 Å². The molecule has 0 atom stereocenters. The zero-order chi connectivity index (χ0) is 19.2. The number of hydrogen-bond donors (Lipinski definition) is 1. The standard InChI is InChI=1S/C22H25ClN2O2/c1-16(2)18-6-3-17(4-7-18)5-10-22(26)24-20-15-19(23)8-9-21(20)25-11-13-27-14-12-25/h3-10,15-16H,11-14H2,1-2H3,(H,24,26). The van der Waals surface area contributed by atoms with E-state index in [0.717, 1.165) is 24.3 Å². The predicted molar refractivity (Wildman–Crippen MR) is 113 cm³/mol. The lowest BCUT2D eigenvalue weighted by Gasteiger charge is -2.30. The van der Waals surface area contributed by atoms with Gasteiger partial charge in [-0.2, -0.15) is 0 Å². The Hall–Kier alpha value is -2.30. The molecule has 142 valence electrons. The second-order valence-corrected chi connectivity index (χ2v) is 7.34. The number of benzene rings is 2. The minimum Gasteiger partial charge on any atom is -0.378 e. The fraction of sp³-hybridized carbons (Fsp3) is 0.318. The lowest BCUT2D eigenvalue weighted by atomic mass is 10.0. The van der Waals surface area contributed by atoms with Crippen LogP contribution >= 0.6 is 11.6 Å². The molecule has 1 N–H and O–H groups in total. The molecule has 1 fully saturated rings. The molecule has 1 aliphatic rings. The van der Waals surface area contributed by atoms with Gasteiger partial charge in [0.25, 0.3) is 0 Å². The molecule has 2 aromatic rings. The highest BCUT2D eigenvalue weighted by Gasteiger charge is 2.16. The topological polar surface area (TPSA) is 41.6 Å². The fourth-order valence-corrected chi connectivity index (χ4v) is 3.20. The number of morpholine rings is 1. The number of carbonyl (C=O) groups excluding carboxylic acids is 1. The Labute approximate surface area is 165 Å². The lowest BCUT2D eigenvalue weighted by Crippen LogP contribution is -2.36. The average molecular weight is 385 g/mol. The molecule has 3 rings (SSSR count). The van der Waals surface area contributed by atoms with Crippen molar-refractivity contribution in [1.82, 2.24) is 0 Å². The quantitative estimate of drug-likeness (QED) is 0.741. The zero-order valence-electron chi connectivity index (χ0n) is 15.7. The van der Waals surface area contributed by atoms with Crippen molar-refractivity contribution < 1.29 is 9.53 Å². The van der Waals surface area contributed by atoms with Crippen molar-refractivity contribution in [2.45, 2.75) is 19.8 Å². The Bertz CT molecular complexity index is 810. The highest BCUT2D eigenvalue weighted by Crippen LogP contribution is 2.30. The third kappa shape index (κ3) is 5.34. The number of nitrogens with zero attached hydrogens (tertiary/aromatic N) is 1. The smallest absolute Gasteiger partial charge is 0.248 e. The highest BCUT2D eigenvalue weighted by atomic mass is 35.5. The molecule has 1 aliphatic heterocycles. The summed E-state index contributed by atoms with van der Waals surface area (Å²) in [5.74, 6) is 0.312. The molecule has 0 saturated carbocycles. The maximum atomic E-state index is 12.4. The summed E-state index contributed by atoms with van der Waals surface area (Å²) in [6.07, 6.45) is 3.37. The van der Waals surface area contributed by atoms with Crippen molar-refractivity contribution in [3.63, 3.8) is 0 Å². The second kappa shape index (κ2) is 9.07. The molecule has 4 nitrogen and oxygen atoms in total. The third-order valence-electron chi connectivity index (χ3n) is 4.60. The van der Waals surface area contributed by atoms with E-state index in [0.29, 0.717) is 29.8 Å². The van der Waals surface area contributed by atoms with Gasteiger partial charge in [0, 0.05) is 24.2 Å². The molecule has 27 heavy (non-hydrogen) atoms. The van der Waals surface area contributed by atoms with Gasteiger partial charge in [0.15, 0.2) is 0 Å². The molecule has 0 bridgehead atoms. The first-order valence-corrected chi connectivity index (χ1v) is 9.62. The second-order valence-electron chi connectivity index (χ2n) is 6.90. The van der Waals surface area contributed by atoms with E-state index in [1.165, 1.54) is 5.56 Å². The molecule has 0 unspecified atom stereocenters. The summed E-state index contributed by atoms with van der Waals surface area (Å²) in [7, 11) is 0. The van der Waals surface area contributed by atoms with Crippen LogP contribution < -0.4 is 10.2 Å². The van der Waals surface area contributed by atoms with E-state index < -0.39 is 0 Å². The van der Waals surface area contributed by atoms with Gasteiger partial charge in [-0.25, -0.2) is 0 Å². The number of anilines is 2. The lowest BCUT2D eigenvalue weighted by molar-refractivity contribution is -0.111. The van der Waals surface area contributed by atoms with Crippen LogP contribution in [-0.4, -0.2) is 32.2 Å². The summed E-state index contributed by atoms with van der Waals surface area (Å²) in [6.45, 7) is 7.28. The number of carbonyl (C=O) groups is 1. The van der Waals surface area contributed by atoms with E-state index in [1.807, 2.05) is 30.3 Å². The van der Waals surface area contributed by atoms with Crippen LogP contribution in [0.15, 0.2) is 48.5 Å². The first-order valence-electron chi connectivity index (χ1n) is 9.24. The summed E-state index contributed by atoms with van der Waals surface area (Å²) in [6, 6.07) is 13.8. The summed E-state index contributed by atoms with van der Waals surface area (Å²) < 4.78 is 5.41. The number of halogens is 1. The molecular weight excluding hydrogens is 360 g/mol. The monoisotopic (exact) mass is 384 g/mol. The van der Waals surface area contributed by atoms with E-state index in [9.17, 15) is 4.79 Å². The Kier molecular flexibility index (Phi) is 6.54. The van der Waals surface area contributed by atoms with E-state index in [4.69, 9.17) is 16.3 Å². The van der Waals surface area contributed by atoms with Gasteiger partial charge in [-0.05, 0) is 41.3 Å². The Morgan fingerprint density at radius 2 is 1.85 bits per heavy atom. The van der Waals surface area contributed by atoms with Crippen LogP contribution in [0.5, 0.6) is 0 Å². The van der Waals surface area contributed by atoms with Crippen molar-refractivity contribution in [3.05, 3.63) is 64.7 Å². The molecule has 0 aromatic heterocycles. The van der Waals surface area contributed by atoms with Crippen LogP contribution in [0.25, 0.3) is 6.08 Å². The third-order valence-corrected chi connectivity index (χ3v) is 4.83. The molecule has 1 amide bonds. The number of ether oxygens (including phenoxy) is 1. The van der Waals surface area contributed by atoms with E-state index in [-0.39, 0.29) is 5.91 Å². The zero-order valence-corrected chi connectivity index (χ0v) is 16.5. The van der Waals surface area contributed by atoms with E-state index in [1.54, 1.807) is 12.1 Å². The normalized spacial score (nSPS) is 14.7. The summed E-state index contributed by atoms with van der Waals surface area (Å²) in [4.78, 5) is 14.6. The number of nitrogens with one attached hydrogen (secondary N) is 1. The van der Waals surface area contributed by atoms with Crippen molar-refractivity contribution in [3.8, 4) is 0 Å². The summed E-state index contributed by atoms with van der Waals surface area (Å²) in [5.41, 5.74) is 3.96. The van der Waals surface area contributed by atoms with Gasteiger partial charge in [-0.1, -0.05) is 49.7 Å². The SMILES string of the molecule is CC(C)c1ccc(C=CC(=O)Nc2cc(Cl)ccc2N2CCOCC2)cc1.